The number of terminal acetylenes is 1. The summed E-state index contributed by atoms with van der Waals surface area (Å²) in [6.45, 7) is 0.927. The Bertz CT molecular complexity index is 519. The number of nitrogens with two attached hydrogens (primary N) is 1. The number of sulfonamides is 1. The molecule has 19 heavy (non-hydrogen) atoms. The molecule has 1 aromatic carbocycles. The maximum atomic E-state index is 11.9. The molecule has 0 aliphatic rings. The van der Waals surface area contributed by atoms with Gasteiger partial charge in [-0.25, -0.2) is 13.1 Å². The third kappa shape index (κ3) is 5.66. The molecule has 0 radical (unpaired) electrons. The van der Waals surface area contributed by atoms with Gasteiger partial charge in [0.05, 0.1) is 10.6 Å². The van der Waals surface area contributed by atoms with Gasteiger partial charge in [0.25, 0.3) is 0 Å². The van der Waals surface area contributed by atoms with Gasteiger partial charge < -0.3 is 5.73 Å². The van der Waals surface area contributed by atoms with E-state index in [-0.39, 0.29) is 4.90 Å². The number of rotatable bonds is 8. The van der Waals surface area contributed by atoms with Crippen LogP contribution in [-0.4, -0.2) is 33.0 Å². The summed E-state index contributed by atoms with van der Waals surface area (Å²) < 4.78 is 26.4. The van der Waals surface area contributed by atoms with Crippen molar-refractivity contribution in [3.8, 4) is 12.3 Å². The van der Waals surface area contributed by atoms with E-state index in [1.165, 1.54) is 11.8 Å². The second-order valence-corrected chi connectivity index (χ2v) is 6.71. The summed E-state index contributed by atoms with van der Waals surface area (Å²) in [6.07, 6.45) is 5.85. The molecule has 0 atom stereocenters. The zero-order valence-corrected chi connectivity index (χ0v) is 12.3. The average Bonchev–Trinajstić information content (AvgIpc) is 2.39. The predicted molar refractivity (Wildman–Crippen MR) is 80.5 cm³/mol. The Balaban J connectivity index is 2.54. The molecule has 0 fully saturated rings. The third-order valence-corrected chi connectivity index (χ3v) is 4.73. The van der Waals surface area contributed by atoms with Crippen molar-refractivity contribution < 1.29 is 8.42 Å². The topological polar surface area (TPSA) is 72.2 Å². The van der Waals surface area contributed by atoms with Crippen molar-refractivity contribution in [2.75, 3.05) is 24.6 Å². The standard InChI is InChI=1S/C13H18N2O2S2/c1-2-10-18-11-9-15-19(16,17)13-5-3-12(4-6-13)7-8-14/h1,3-6,15H,7-11,14H2. The predicted octanol–water partition coefficient (Wildman–Crippen LogP) is 0.833. The Kier molecular flexibility index (Phi) is 6.95. The molecule has 0 unspecified atom stereocenters. The Labute approximate surface area is 119 Å². The fraction of sp³-hybridized carbons (Fsp3) is 0.385. The van der Waals surface area contributed by atoms with E-state index in [2.05, 4.69) is 10.6 Å². The molecule has 0 aliphatic carbocycles. The van der Waals surface area contributed by atoms with Crippen LogP contribution in [0.2, 0.25) is 0 Å². The summed E-state index contributed by atoms with van der Waals surface area (Å²) in [4.78, 5) is 0.273. The Hall–Kier alpha value is -1.00. The van der Waals surface area contributed by atoms with Gasteiger partial charge in [-0.15, -0.1) is 18.2 Å². The van der Waals surface area contributed by atoms with E-state index in [0.29, 0.717) is 24.6 Å². The van der Waals surface area contributed by atoms with Crippen LogP contribution in [0, 0.1) is 12.3 Å². The minimum atomic E-state index is -3.43. The Morgan fingerprint density at radius 2 is 2.00 bits per heavy atom. The van der Waals surface area contributed by atoms with Gasteiger partial charge in [-0.2, -0.15) is 0 Å². The van der Waals surface area contributed by atoms with Crippen LogP contribution in [0.5, 0.6) is 0 Å². The van der Waals surface area contributed by atoms with Crippen molar-refractivity contribution in [1.82, 2.24) is 4.72 Å². The molecule has 6 heteroatoms. The van der Waals surface area contributed by atoms with Crippen LogP contribution in [0.1, 0.15) is 5.56 Å². The largest absolute Gasteiger partial charge is 0.330 e. The van der Waals surface area contributed by atoms with Gasteiger partial charge in [0.2, 0.25) is 10.0 Å². The first-order valence-corrected chi connectivity index (χ1v) is 8.54. The summed E-state index contributed by atoms with van der Waals surface area (Å²) in [7, 11) is -3.43. The van der Waals surface area contributed by atoms with E-state index in [1.54, 1.807) is 24.3 Å². The van der Waals surface area contributed by atoms with E-state index in [0.717, 1.165) is 12.0 Å². The van der Waals surface area contributed by atoms with Crippen LogP contribution in [-0.2, 0) is 16.4 Å². The monoisotopic (exact) mass is 298 g/mol. The van der Waals surface area contributed by atoms with Crippen LogP contribution in [0.15, 0.2) is 29.2 Å². The molecule has 1 aromatic rings. The first-order valence-electron chi connectivity index (χ1n) is 5.90. The maximum Gasteiger partial charge on any atom is 0.240 e. The summed E-state index contributed by atoms with van der Waals surface area (Å²) in [5.74, 6) is 3.74. The fourth-order valence-electron chi connectivity index (χ4n) is 1.46. The molecule has 0 bridgehead atoms. The van der Waals surface area contributed by atoms with Crippen LogP contribution < -0.4 is 10.5 Å². The van der Waals surface area contributed by atoms with Crippen molar-refractivity contribution in [2.24, 2.45) is 5.73 Å². The number of thioether (sulfide) groups is 1. The van der Waals surface area contributed by atoms with Gasteiger partial charge in [0.1, 0.15) is 0 Å². The molecule has 1 rings (SSSR count). The van der Waals surface area contributed by atoms with Gasteiger partial charge in [-0.05, 0) is 30.7 Å². The number of benzene rings is 1. The molecule has 3 N–H and O–H groups in total. The lowest BCUT2D eigenvalue weighted by Crippen LogP contribution is -2.26. The number of hydrogen-bond acceptors (Lipinski definition) is 4. The zero-order chi connectivity index (χ0) is 14.1. The molecular formula is C13H18N2O2S2. The highest BCUT2D eigenvalue weighted by molar-refractivity contribution is 7.99. The molecule has 0 spiro atoms. The SMILES string of the molecule is C#CCSCCNS(=O)(=O)c1ccc(CCN)cc1. The van der Waals surface area contributed by atoms with Crippen molar-refractivity contribution in [1.29, 1.82) is 0 Å². The maximum absolute atomic E-state index is 11.9. The van der Waals surface area contributed by atoms with Crippen molar-refractivity contribution in [3.63, 3.8) is 0 Å². The van der Waals surface area contributed by atoms with Crippen LogP contribution in [0.3, 0.4) is 0 Å². The molecule has 0 aliphatic heterocycles. The second kappa shape index (κ2) is 8.23. The molecule has 0 saturated heterocycles. The van der Waals surface area contributed by atoms with Crippen molar-refractivity contribution in [3.05, 3.63) is 29.8 Å². The van der Waals surface area contributed by atoms with E-state index in [9.17, 15) is 8.42 Å². The van der Waals surface area contributed by atoms with Crippen molar-refractivity contribution in [2.45, 2.75) is 11.3 Å². The molecule has 0 aromatic heterocycles. The normalized spacial score (nSPS) is 11.2. The number of nitrogens with one attached hydrogen (secondary N) is 1. The summed E-state index contributed by atoms with van der Waals surface area (Å²) in [5.41, 5.74) is 6.48. The first-order chi connectivity index (χ1) is 9.10. The Morgan fingerprint density at radius 1 is 1.32 bits per heavy atom. The Morgan fingerprint density at radius 3 is 2.58 bits per heavy atom. The van der Waals surface area contributed by atoms with E-state index >= 15 is 0 Å². The van der Waals surface area contributed by atoms with Crippen LogP contribution >= 0.6 is 11.8 Å². The van der Waals surface area contributed by atoms with E-state index < -0.39 is 10.0 Å². The van der Waals surface area contributed by atoms with Gasteiger partial charge in [0, 0.05) is 12.3 Å². The smallest absolute Gasteiger partial charge is 0.240 e. The van der Waals surface area contributed by atoms with Gasteiger partial charge in [0.15, 0.2) is 0 Å². The third-order valence-electron chi connectivity index (χ3n) is 2.39. The van der Waals surface area contributed by atoms with Gasteiger partial charge >= 0.3 is 0 Å². The minimum Gasteiger partial charge on any atom is -0.330 e. The zero-order valence-electron chi connectivity index (χ0n) is 10.6. The molecule has 4 nitrogen and oxygen atoms in total. The van der Waals surface area contributed by atoms with Crippen LogP contribution in [0.4, 0.5) is 0 Å². The lowest BCUT2D eigenvalue weighted by atomic mass is 10.2. The molecule has 104 valence electrons. The summed E-state index contributed by atoms with van der Waals surface area (Å²) in [5, 5.41) is 0. The van der Waals surface area contributed by atoms with Crippen LogP contribution in [0.25, 0.3) is 0 Å². The molecular weight excluding hydrogens is 280 g/mol. The quantitative estimate of drug-likeness (QED) is 0.551. The lowest BCUT2D eigenvalue weighted by Gasteiger charge is -2.07. The van der Waals surface area contributed by atoms with E-state index in [1.807, 2.05) is 0 Å². The fourth-order valence-corrected chi connectivity index (χ4v) is 3.13. The first kappa shape index (κ1) is 16.1. The lowest BCUT2D eigenvalue weighted by molar-refractivity contribution is 0.584. The minimum absolute atomic E-state index is 0.273. The van der Waals surface area contributed by atoms with Crippen molar-refractivity contribution >= 4 is 21.8 Å². The summed E-state index contributed by atoms with van der Waals surface area (Å²) >= 11 is 1.52. The average molecular weight is 298 g/mol. The van der Waals surface area contributed by atoms with E-state index in [4.69, 9.17) is 12.2 Å². The molecule has 0 saturated carbocycles. The van der Waals surface area contributed by atoms with Gasteiger partial charge in [-0.3, -0.25) is 0 Å². The second-order valence-electron chi connectivity index (χ2n) is 3.84. The highest BCUT2D eigenvalue weighted by Gasteiger charge is 2.12. The number of hydrogen-bond donors (Lipinski definition) is 2. The summed E-state index contributed by atoms with van der Waals surface area (Å²) in [6, 6.07) is 6.77. The highest BCUT2D eigenvalue weighted by Crippen LogP contribution is 2.10. The molecule has 0 heterocycles. The van der Waals surface area contributed by atoms with Gasteiger partial charge in [-0.1, -0.05) is 18.1 Å². The highest BCUT2D eigenvalue weighted by atomic mass is 32.2. The molecule has 0 amide bonds.